The molecule has 0 saturated carbocycles. The summed E-state index contributed by atoms with van der Waals surface area (Å²) in [6.45, 7) is 5.79. The fourth-order valence-corrected chi connectivity index (χ4v) is 5.74. The van der Waals surface area contributed by atoms with Gasteiger partial charge in [0.05, 0.1) is 11.7 Å². The van der Waals surface area contributed by atoms with Gasteiger partial charge in [0.15, 0.2) is 0 Å². The molecule has 0 radical (unpaired) electrons. The predicted molar refractivity (Wildman–Crippen MR) is 104 cm³/mol. The lowest BCUT2D eigenvalue weighted by Crippen LogP contribution is -2.34. The Hall–Kier alpha value is -2.14. The summed E-state index contributed by atoms with van der Waals surface area (Å²) in [5.74, 6) is -0.0603. The quantitative estimate of drug-likeness (QED) is 0.645. The van der Waals surface area contributed by atoms with E-state index in [1.165, 1.54) is 10.4 Å². The van der Waals surface area contributed by atoms with E-state index in [9.17, 15) is 9.90 Å². The molecule has 3 aromatic rings. The first-order valence-corrected chi connectivity index (χ1v) is 10.0. The van der Waals surface area contributed by atoms with Crippen LogP contribution >= 0.6 is 11.3 Å². The SMILES string of the molecule is CCCC(C)(C(=O)O)c1c(C)nc2sc3c(c2c1-c1ccco1)CCC3. The van der Waals surface area contributed by atoms with Crippen molar-refractivity contribution in [3.05, 3.63) is 40.1 Å². The van der Waals surface area contributed by atoms with Crippen molar-refractivity contribution in [3.63, 3.8) is 0 Å². The minimum atomic E-state index is -0.991. The average molecular weight is 369 g/mol. The number of carboxylic acids is 1. The number of fused-ring (bicyclic) bond motifs is 3. The number of thiophene rings is 1. The highest BCUT2D eigenvalue weighted by molar-refractivity contribution is 7.19. The third-order valence-electron chi connectivity index (χ3n) is 5.58. The molecule has 1 N–H and O–H groups in total. The Morgan fingerprint density at radius 1 is 1.42 bits per heavy atom. The van der Waals surface area contributed by atoms with Gasteiger partial charge in [0.1, 0.15) is 10.6 Å². The number of carboxylic acid groups (broad SMARTS) is 1. The molecule has 1 aliphatic rings. The molecule has 5 heteroatoms. The summed E-state index contributed by atoms with van der Waals surface area (Å²) in [5, 5.41) is 11.2. The molecule has 26 heavy (non-hydrogen) atoms. The number of aromatic nitrogens is 1. The van der Waals surface area contributed by atoms with Crippen LogP contribution in [0.25, 0.3) is 21.5 Å². The molecule has 4 nitrogen and oxygen atoms in total. The fraction of sp³-hybridized carbons (Fsp3) is 0.429. The first kappa shape index (κ1) is 17.3. The zero-order chi connectivity index (χ0) is 18.5. The highest BCUT2D eigenvalue weighted by Gasteiger charge is 2.40. The molecule has 0 aliphatic heterocycles. The second-order valence-electron chi connectivity index (χ2n) is 7.35. The number of hydrogen-bond donors (Lipinski definition) is 1. The van der Waals surface area contributed by atoms with Gasteiger partial charge < -0.3 is 9.52 Å². The van der Waals surface area contributed by atoms with Crippen LogP contribution in [0.3, 0.4) is 0 Å². The molecule has 1 aliphatic carbocycles. The van der Waals surface area contributed by atoms with E-state index in [0.717, 1.165) is 58.5 Å². The summed E-state index contributed by atoms with van der Waals surface area (Å²) in [5.41, 5.74) is 2.89. The van der Waals surface area contributed by atoms with E-state index >= 15 is 0 Å². The van der Waals surface area contributed by atoms with E-state index in [1.807, 2.05) is 32.9 Å². The summed E-state index contributed by atoms with van der Waals surface area (Å²) in [7, 11) is 0. The molecule has 1 unspecified atom stereocenters. The molecule has 0 saturated heterocycles. The molecule has 0 amide bonds. The van der Waals surface area contributed by atoms with Gasteiger partial charge in [0, 0.05) is 27.1 Å². The number of pyridine rings is 1. The average Bonchev–Trinajstić information content (AvgIpc) is 3.30. The van der Waals surface area contributed by atoms with Crippen LogP contribution in [0.5, 0.6) is 0 Å². The predicted octanol–water partition coefficient (Wildman–Crippen LogP) is 5.50. The Kier molecular flexibility index (Phi) is 4.14. The van der Waals surface area contributed by atoms with Gasteiger partial charge in [0.2, 0.25) is 0 Å². The summed E-state index contributed by atoms with van der Waals surface area (Å²) in [6, 6.07) is 3.80. The van der Waals surface area contributed by atoms with Crippen molar-refractivity contribution in [3.8, 4) is 11.3 Å². The lowest BCUT2D eigenvalue weighted by atomic mass is 9.74. The van der Waals surface area contributed by atoms with E-state index in [1.54, 1.807) is 17.6 Å². The van der Waals surface area contributed by atoms with Crippen LogP contribution in [-0.4, -0.2) is 16.1 Å². The van der Waals surface area contributed by atoms with Gasteiger partial charge in [0.25, 0.3) is 0 Å². The summed E-state index contributed by atoms with van der Waals surface area (Å²) in [6.07, 6.45) is 6.29. The Labute approximate surface area is 156 Å². The number of carbonyl (C=O) groups is 1. The Morgan fingerprint density at radius 2 is 2.23 bits per heavy atom. The molecule has 0 spiro atoms. The van der Waals surface area contributed by atoms with E-state index in [2.05, 4.69) is 0 Å². The van der Waals surface area contributed by atoms with Gasteiger partial charge in [-0.3, -0.25) is 4.79 Å². The minimum absolute atomic E-state index is 0.566. The van der Waals surface area contributed by atoms with Crippen molar-refractivity contribution in [2.24, 2.45) is 0 Å². The first-order chi connectivity index (χ1) is 12.5. The van der Waals surface area contributed by atoms with Crippen molar-refractivity contribution in [1.82, 2.24) is 4.98 Å². The van der Waals surface area contributed by atoms with Crippen molar-refractivity contribution in [2.45, 2.75) is 58.3 Å². The lowest BCUT2D eigenvalue weighted by Gasteiger charge is -2.29. The highest BCUT2D eigenvalue weighted by atomic mass is 32.1. The maximum Gasteiger partial charge on any atom is 0.313 e. The van der Waals surface area contributed by atoms with Crippen molar-refractivity contribution >= 4 is 27.5 Å². The van der Waals surface area contributed by atoms with Crippen LogP contribution in [0.2, 0.25) is 0 Å². The van der Waals surface area contributed by atoms with Crippen LogP contribution < -0.4 is 0 Å². The Morgan fingerprint density at radius 3 is 2.88 bits per heavy atom. The van der Waals surface area contributed by atoms with Crippen LogP contribution in [0.4, 0.5) is 0 Å². The number of furan rings is 1. The van der Waals surface area contributed by atoms with Crippen molar-refractivity contribution in [2.75, 3.05) is 0 Å². The van der Waals surface area contributed by atoms with Crippen LogP contribution in [-0.2, 0) is 23.1 Å². The molecule has 0 aromatic carbocycles. The lowest BCUT2D eigenvalue weighted by molar-refractivity contribution is -0.143. The summed E-state index contributed by atoms with van der Waals surface area (Å²) < 4.78 is 5.79. The van der Waals surface area contributed by atoms with Gasteiger partial charge in [-0.05, 0) is 57.2 Å². The van der Waals surface area contributed by atoms with E-state index in [-0.39, 0.29) is 0 Å². The molecule has 3 heterocycles. The molecule has 3 aromatic heterocycles. The minimum Gasteiger partial charge on any atom is -0.481 e. The standard InChI is InChI=1S/C21H23NO3S/c1-4-10-21(3,20(23)24)18-12(2)22-19-16(13-7-5-9-15(13)26-19)17(18)14-8-6-11-25-14/h6,8,11H,4-5,7,9-10H2,1-3H3,(H,23,24). The monoisotopic (exact) mass is 369 g/mol. The topological polar surface area (TPSA) is 63.3 Å². The van der Waals surface area contributed by atoms with Crippen molar-refractivity contribution in [1.29, 1.82) is 0 Å². The van der Waals surface area contributed by atoms with Gasteiger partial charge in [-0.15, -0.1) is 11.3 Å². The van der Waals surface area contributed by atoms with E-state index in [0.29, 0.717) is 6.42 Å². The zero-order valence-electron chi connectivity index (χ0n) is 15.4. The Bertz CT molecular complexity index is 987. The van der Waals surface area contributed by atoms with Gasteiger partial charge in [-0.1, -0.05) is 13.3 Å². The number of aryl methyl sites for hydroxylation is 3. The normalized spacial score (nSPS) is 16.0. The van der Waals surface area contributed by atoms with Gasteiger partial charge in [-0.25, -0.2) is 4.98 Å². The molecule has 0 fully saturated rings. The highest BCUT2D eigenvalue weighted by Crippen LogP contribution is 2.47. The molecule has 1 atom stereocenters. The summed E-state index contributed by atoms with van der Waals surface area (Å²) in [4.78, 5) is 19.6. The zero-order valence-corrected chi connectivity index (χ0v) is 16.2. The maximum absolute atomic E-state index is 12.3. The van der Waals surface area contributed by atoms with Crippen LogP contribution in [0.1, 0.15) is 54.8 Å². The third kappa shape index (κ3) is 2.41. The van der Waals surface area contributed by atoms with Gasteiger partial charge in [-0.2, -0.15) is 0 Å². The smallest absolute Gasteiger partial charge is 0.313 e. The largest absolute Gasteiger partial charge is 0.481 e. The number of hydrogen-bond acceptors (Lipinski definition) is 4. The van der Waals surface area contributed by atoms with Gasteiger partial charge >= 0.3 is 5.97 Å². The molecular formula is C21H23NO3S. The number of aliphatic carboxylic acids is 1. The molecule has 4 rings (SSSR count). The fourth-order valence-electron chi connectivity index (χ4n) is 4.42. The van der Waals surface area contributed by atoms with E-state index in [4.69, 9.17) is 9.40 Å². The molecular weight excluding hydrogens is 346 g/mol. The van der Waals surface area contributed by atoms with Crippen LogP contribution in [0, 0.1) is 6.92 Å². The molecule has 0 bridgehead atoms. The second kappa shape index (κ2) is 6.23. The second-order valence-corrected chi connectivity index (χ2v) is 8.43. The van der Waals surface area contributed by atoms with Crippen molar-refractivity contribution < 1.29 is 14.3 Å². The number of nitrogens with zero attached hydrogens (tertiary/aromatic N) is 1. The first-order valence-electron chi connectivity index (χ1n) is 9.20. The number of rotatable bonds is 5. The summed E-state index contributed by atoms with van der Waals surface area (Å²) >= 11 is 1.75. The van der Waals surface area contributed by atoms with E-state index < -0.39 is 11.4 Å². The third-order valence-corrected chi connectivity index (χ3v) is 6.76. The maximum atomic E-state index is 12.3. The Balaban J connectivity index is 2.14. The molecule has 136 valence electrons. The van der Waals surface area contributed by atoms with Crippen LogP contribution in [0.15, 0.2) is 22.8 Å².